The van der Waals surface area contributed by atoms with Gasteiger partial charge in [-0.3, -0.25) is 0 Å². The summed E-state index contributed by atoms with van der Waals surface area (Å²) in [5.74, 6) is 0.460. The van der Waals surface area contributed by atoms with Gasteiger partial charge in [-0.15, -0.1) is 11.3 Å². The number of fused-ring (bicyclic) bond motifs is 1. The summed E-state index contributed by atoms with van der Waals surface area (Å²) in [4.78, 5) is 14.0. The zero-order valence-corrected chi connectivity index (χ0v) is 13.8. The Morgan fingerprint density at radius 3 is 2.91 bits per heavy atom. The van der Waals surface area contributed by atoms with Crippen molar-refractivity contribution in [1.82, 2.24) is 5.16 Å². The van der Waals surface area contributed by atoms with Gasteiger partial charge < -0.3 is 14.0 Å². The summed E-state index contributed by atoms with van der Waals surface area (Å²) in [7, 11) is 0. The second-order valence-corrected chi connectivity index (χ2v) is 7.51. The van der Waals surface area contributed by atoms with Crippen molar-refractivity contribution in [3.8, 4) is 0 Å². The Balaban J connectivity index is 1.62. The molecule has 118 valence electrons. The Morgan fingerprint density at radius 1 is 1.41 bits per heavy atom. The van der Waals surface area contributed by atoms with Crippen LogP contribution < -0.4 is 0 Å². The summed E-state index contributed by atoms with van der Waals surface area (Å²) in [6.07, 6.45) is 0.867. The van der Waals surface area contributed by atoms with Gasteiger partial charge in [0, 0.05) is 22.8 Å². The number of ether oxygens (including phenoxy) is 2. The summed E-state index contributed by atoms with van der Waals surface area (Å²) in [6.45, 7) is 7.55. The summed E-state index contributed by atoms with van der Waals surface area (Å²) in [5.41, 5.74) is 1.62. The molecule has 0 radical (unpaired) electrons. The SMILES string of the molecule is CC(C)(C)c1cc(COC(=O)c2cc3c(s2)CCOC3)no1. The van der Waals surface area contributed by atoms with Crippen molar-refractivity contribution in [2.24, 2.45) is 0 Å². The van der Waals surface area contributed by atoms with Crippen LogP contribution in [0.4, 0.5) is 0 Å². The van der Waals surface area contributed by atoms with Crippen LogP contribution in [-0.4, -0.2) is 17.7 Å². The maximum atomic E-state index is 12.1. The number of rotatable bonds is 3. The van der Waals surface area contributed by atoms with Crippen LogP contribution in [0, 0.1) is 0 Å². The third-order valence-corrected chi connectivity index (χ3v) is 4.70. The van der Waals surface area contributed by atoms with Crippen LogP contribution in [0.5, 0.6) is 0 Å². The lowest BCUT2D eigenvalue weighted by atomic mass is 9.93. The van der Waals surface area contributed by atoms with Crippen LogP contribution in [0.25, 0.3) is 0 Å². The van der Waals surface area contributed by atoms with E-state index < -0.39 is 0 Å². The van der Waals surface area contributed by atoms with Gasteiger partial charge in [-0.1, -0.05) is 25.9 Å². The van der Waals surface area contributed by atoms with Gasteiger partial charge in [-0.25, -0.2) is 4.79 Å². The third kappa shape index (κ3) is 3.23. The van der Waals surface area contributed by atoms with E-state index >= 15 is 0 Å². The first-order valence-electron chi connectivity index (χ1n) is 7.26. The van der Waals surface area contributed by atoms with E-state index in [0.29, 0.717) is 17.2 Å². The largest absolute Gasteiger partial charge is 0.455 e. The highest BCUT2D eigenvalue weighted by Gasteiger charge is 2.21. The van der Waals surface area contributed by atoms with Crippen molar-refractivity contribution in [1.29, 1.82) is 0 Å². The van der Waals surface area contributed by atoms with Gasteiger partial charge in [-0.05, 0) is 11.6 Å². The van der Waals surface area contributed by atoms with Gasteiger partial charge in [0.05, 0.1) is 13.2 Å². The normalized spacial score (nSPS) is 14.7. The van der Waals surface area contributed by atoms with Crippen LogP contribution in [0.2, 0.25) is 0 Å². The lowest BCUT2D eigenvalue weighted by molar-refractivity contribution is 0.0469. The second kappa shape index (κ2) is 5.85. The van der Waals surface area contributed by atoms with E-state index in [1.165, 1.54) is 16.2 Å². The first-order valence-corrected chi connectivity index (χ1v) is 8.07. The quantitative estimate of drug-likeness (QED) is 0.810. The highest BCUT2D eigenvalue weighted by molar-refractivity contribution is 7.14. The highest BCUT2D eigenvalue weighted by Crippen LogP contribution is 2.28. The molecule has 0 saturated carbocycles. The molecule has 1 aliphatic heterocycles. The van der Waals surface area contributed by atoms with E-state index in [-0.39, 0.29) is 18.0 Å². The molecular weight excluding hydrogens is 302 g/mol. The van der Waals surface area contributed by atoms with E-state index in [1.807, 2.05) is 32.9 Å². The van der Waals surface area contributed by atoms with Crippen molar-refractivity contribution < 1.29 is 18.8 Å². The lowest BCUT2D eigenvalue weighted by Gasteiger charge is -2.12. The van der Waals surface area contributed by atoms with Crippen LogP contribution in [0.1, 0.15) is 52.3 Å². The van der Waals surface area contributed by atoms with Gasteiger partial charge in [0.25, 0.3) is 0 Å². The zero-order valence-electron chi connectivity index (χ0n) is 13.0. The number of thiophene rings is 1. The molecule has 0 amide bonds. The minimum Gasteiger partial charge on any atom is -0.455 e. The van der Waals surface area contributed by atoms with Gasteiger partial charge in [0.1, 0.15) is 22.9 Å². The number of nitrogens with zero attached hydrogens (tertiary/aromatic N) is 1. The molecule has 22 heavy (non-hydrogen) atoms. The number of esters is 1. The molecular formula is C16H19NO4S. The summed E-state index contributed by atoms with van der Waals surface area (Å²) < 4.78 is 16.0. The first-order chi connectivity index (χ1) is 10.4. The van der Waals surface area contributed by atoms with Crippen LogP contribution >= 0.6 is 11.3 Å². The van der Waals surface area contributed by atoms with Crippen molar-refractivity contribution in [2.45, 2.75) is 45.8 Å². The third-order valence-electron chi connectivity index (χ3n) is 3.48. The topological polar surface area (TPSA) is 61.6 Å². The average molecular weight is 321 g/mol. The van der Waals surface area contributed by atoms with Crippen LogP contribution in [0.3, 0.4) is 0 Å². The number of aromatic nitrogens is 1. The molecule has 0 spiro atoms. The second-order valence-electron chi connectivity index (χ2n) is 6.37. The summed E-state index contributed by atoms with van der Waals surface area (Å²) in [6, 6.07) is 3.70. The number of carbonyl (C=O) groups is 1. The van der Waals surface area contributed by atoms with Gasteiger partial charge in [0.2, 0.25) is 0 Å². The molecule has 0 unspecified atom stereocenters. The summed E-state index contributed by atoms with van der Waals surface area (Å²) >= 11 is 1.49. The Bertz CT molecular complexity index is 657. The minimum absolute atomic E-state index is 0.109. The Morgan fingerprint density at radius 2 is 2.23 bits per heavy atom. The van der Waals surface area contributed by atoms with E-state index in [9.17, 15) is 4.79 Å². The monoisotopic (exact) mass is 321 g/mol. The first kappa shape index (κ1) is 15.2. The van der Waals surface area contributed by atoms with Crippen molar-refractivity contribution in [3.63, 3.8) is 0 Å². The molecule has 0 N–H and O–H groups in total. The molecule has 2 aromatic heterocycles. The molecule has 1 aliphatic rings. The minimum atomic E-state index is -0.320. The fraction of sp³-hybridized carbons (Fsp3) is 0.500. The lowest BCUT2D eigenvalue weighted by Crippen LogP contribution is -2.09. The molecule has 3 rings (SSSR count). The van der Waals surface area contributed by atoms with Crippen molar-refractivity contribution in [3.05, 3.63) is 38.9 Å². The van der Waals surface area contributed by atoms with E-state index in [2.05, 4.69) is 5.16 Å². The standard InChI is InChI=1S/C16H19NO4S/c1-16(2,3)14-7-11(17-21-14)9-20-15(18)13-6-10-8-19-5-4-12(10)22-13/h6-7H,4-5,8-9H2,1-3H3. The number of hydrogen-bond acceptors (Lipinski definition) is 6. The zero-order chi connectivity index (χ0) is 15.7. The van der Waals surface area contributed by atoms with Crippen LogP contribution in [0.15, 0.2) is 16.7 Å². The molecule has 3 heterocycles. The Hall–Kier alpha value is -1.66. The molecule has 5 nitrogen and oxygen atoms in total. The predicted octanol–water partition coefficient (Wildman–Crippen LogP) is 3.46. The summed E-state index contributed by atoms with van der Waals surface area (Å²) in [5, 5.41) is 3.94. The maximum Gasteiger partial charge on any atom is 0.348 e. The molecule has 0 saturated heterocycles. The average Bonchev–Trinajstić information content (AvgIpc) is 3.10. The molecule has 0 fully saturated rings. The van der Waals surface area contributed by atoms with Crippen LogP contribution in [-0.2, 0) is 34.5 Å². The molecule has 2 aromatic rings. The van der Waals surface area contributed by atoms with Crippen molar-refractivity contribution in [2.75, 3.05) is 6.61 Å². The van der Waals surface area contributed by atoms with E-state index in [4.69, 9.17) is 14.0 Å². The fourth-order valence-electron chi connectivity index (χ4n) is 2.19. The van der Waals surface area contributed by atoms with Gasteiger partial charge in [0.15, 0.2) is 0 Å². The van der Waals surface area contributed by atoms with E-state index in [0.717, 1.165) is 24.4 Å². The smallest absolute Gasteiger partial charge is 0.348 e. The van der Waals surface area contributed by atoms with Gasteiger partial charge >= 0.3 is 5.97 Å². The molecule has 0 atom stereocenters. The Labute approximate surface area is 133 Å². The van der Waals surface area contributed by atoms with Gasteiger partial charge in [-0.2, -0.15) is 0 Å². The molecule has 0 aromatic carbocycles. The molecule has 0 aliphatic carbocycles. The van der Waals surface area contributed by atoms with E-state index in [1.54, 1.807) is 0 Å². The number of carbonyl (C=O) groups excluding carboxylic acids is 1. The molecule has 6 heteroatoms. The maximum absolute atomic E-state index is 12.1. The predicted molar refractivity (Wildman–Crippen MR) is 82.0 cm³/mol. The Kier molecular flexibility index (Phi) is 4.06. The van der Waals surface area contributed by atoms with Crippen molar-refractivity contribution >= 4 is 17.3 Å². The fourth-order valence-corrected chi connectivity index (χ4v) is 3.23. The number of hydrogen-bond donors (Lipinski definition) is 0. The highest BCUT2D eigenvalue weighted by atomic mass is 32.1. The molecule has 0 bridgehead atoms.